The SMILES string of the molecule is CCCNC(c1ccc2cccnc2c1)c1cnccn1. The van der Waals surface area contributed by atoms with Gasteiger partial charge in [0, 0.05) is 24.0 Å². The molecule has 1 atom stereocenters. The number of hydrogen-bond acceptors (Lipinski definition) is 4. The smallest absolute Gasteiger partial charge is 0.0801 e. The summed E-state index contributed by atoms with van der Waals surface area (Å²) in [5, 5.41) is 4.68. The summed E-state index contributed by atoms with van der Waals surface area (Å²) in [6.45, 7) is 3.09. The number of hydrogen-bond donors (Lipinski definition) is 1. The molecule has 0 aliphatic carbocycles. The van der Waals surface area contributed by atoms with E-state index in [1.807, 2.05) is 18.5 Å². The Hall–Kier alpha value is -2.33. The summed E-state index contributed by atoms with van der Waals surface area (Å²) in [7, 11) is 0. The van der Waals surface area contributed by atoms with Gasteiger partial charge in [-0.25, -0.2) is 0 Å². The van der Waals surface area contributed by atoms with Crippen molar-refractivity contribution in [3.8, 4) is 0 Å². The topological polar surface area (TPSA) is 50.7 Å². The second-order valence-corrected chi connectivity index (χ2v) is 4.97. The molecular formula is C17H18N4. The van der Waals surface area contributed by atoms with Crippen molar-refractivity contribution in [2.75, 3.05) is 6.54 Å². The van der Waals surface area contributed by atoms with E-state index in [9.17, 15) is 0 Å². The first-order chi connectivity index (χ1) is 10.4. The standard InChI is InChI=1S/C17H18N4/c1-2-7-21-17(16-12-18-9-10-20-16)14-6-5-13-4-3-8-19-15(13)11-14/h3-6,8-12,17,21H,2,7H2,1H3. The lowest BCUT2D eigenvalue weighted by molar-refractivity contribution is 0.585. The second kappa shape index (κ2) is 6.41. The molecule has 0 bridgehead atoms. The molecule has 106 valence electrons. The second-order valence-electron chi connectivity index (χ2n) is 4.97. The van der Waals surface area contributed by atoms with Gasteiger partial charge < -0.3 is 5.32 Å². The summed E-state index contributed by atoms with van der Waals surface area (Å²) >= 11 is 0. The van der Waals surface area contributed by atoms with Crippen molar-refractivity contribution in [3.05, 3.63) is 66.4 Å². The molecule has 2 heterocycles. The van der Waals surface area contributed by atoms with E-state index in [1.165, 1.54) is 0 Å². The molecule has 0 saturated heterocycles. The minimum absolute atomic E-state index is 0.0463. The van der Waals surface area contributed by atoms with Crippen LogP contribution >= 0.6 is 0 Å². The summed E-state index contributed by atoms with van der Waals surface area (Å²) in [4.78, 5) is 13.1. The molecule has 0 saturated carbocycles. The van der Waals surface area contributed by atoms with Gasteiger partial charge in [0.25, 0.3) is 0 Å². The van der Waals surface area contributed by atoms with Gasteiger partial charge in [-0.2, -0.15) is 0 Å². The van der Waals surface area contributed by atoms with Crippen LogP contribution in [0.25, 0.3) is 10.9 Å². The highest BCUT2D eigenvalue weighted by Gasteiger charge is 2.15. The first kappa shape index (κ1) is 13.6. The fourth-order valence-electron chi connectivity index (χ4n) is 2.40. The van der Waals surface area contributed by atoms with E-state index in [0.29, 0.717) is 0 Å². The number of rotatable bonds is 5. The Morgan fingerprint density at radius 1 is 1.10 bits per heavy atom. The molecule has 2 aromatic heterocycles. The van der Waals surface area contributed by atoms with E-state index in [-0.39, 0.29) is 6.04 Å². The number of aromatic nitrogens is 3. The molecular weight excluding hydrogens is 260 g/mol. The van der Waals surface area contributed by atoms with Crippen molar-refractivity contribution in [1.29, 1.82) is 0 Å². The summed E-state index contributed by atoms with van der Waals surface area (Å²) in [5.74, 6) is 0. The largest absolute Gasteiger partial charge is 0.305 e. The predicted octanol–water partition coefficient (Wildman–Crippen LogP) is 3.11. The zero-order valence-corrected chi connectivity index (χ0v) is 12.0. The number of benzene rings is 1. The Kier molecular flexibility index (Phi) is 4.17. The molecule has 0 radical (unpaired) electrons. The summed E-state index contributed by atoms with van der Waals surface area (Å²) < 4.78 is 0. The van der Waals surface area contributed by atoms with Crippen LogP contribution in [0.2, 0.25) is 0 Å². The zero-order valence-electron chi connectivity index (χ0n) is 12.0. The number of fused-ring (bicyclic) bond motifs is 1. The molecule has 4 heteroatoms. The van der Waals surface area contributed by atoms with Crippen LogP contribution in [0.15, 0.2) is 55.1 Å². The van der Waals surface area contributed by atoms with Gasteiger partial charge in [-0.3, -0.25) is 15.0 Å². The molecule has 3 aromatic rings. The van der Waals surface area contributed by atoms with Gasteiger partial charge in [-0.15, -0.1) is 0 Å². The maximum atomic E-state index is 4.44. The van der Waals surface area contributed by atoms with Gasteiger partial charge in [0.15, 0.2) is 0 Å². The Balaban J connectivity index is 2.01. The average Bonchev–Trinajstić information content (AvgIpc) is 2.56. The van der Waals surface area contributed by atoms with Crippen LogP contribution in [0.5, 0.6) is 0 Å². The molecule has 1 aromatic carbocycles. The molecule has 1 unspecified atom stereocenters. The summed E-state index contributed by atoms with van der Waals surface area (Å²) in [6, 6.07) is 10.4. The summed E-state index contributed by atoms with van der Waals surface area (Å²) in [6.07, 6.45) is 8.14. The number of nitrogens with one attached hydrogen (secondary N) is 1. The highest BCUT2D eigenvalue weighted by molar-refractivity contribution is 5.79. The third-order valence-electron chi connectivity index (χ3n) is 3.44. The fourth-order valence-corrected chi connectivity index (χ4v) is 2.40. The Bertz CT molecular complexity index is 712. The number of pyridine rings is 1. The third-order valence-corrected chi connectivity index (χ3v) is 3.44. The quantitative estimate of drug-likeness (QED) is 0.779. The molecule has 0 spiro atoms. The van der Waals surface area contributed by atoms with E-state index in [2.05, 4.69) is 51.5 Å². The minimum Gasteiger partial charge on any atom is -0.305 e. The average molecular weight is 278 g/mol. The van der Waals surface area contributed by atoms with Crippen LogP contribution in [0, 0.1) is 0 Å². The van der Waals surface area contributed by atoms with E-state index < -0.39 is 0 Å². The van der Waals surface area contributed by atoms with Gasteiger partial charge in [-0.1, -0.05) is 25.1 Å². The molecule has 0 amide bonds. The van der Waals surface area contributed by atoms with Crippen LogP contribution in [0.1, 0.15) is 30.6 Å². The van der Waals surface area contributed by atoms with Gasteiger partial charge in [0.2, 0.25) is 0 Å². The van der Waals surface area contributed by atoms with E-state index in [1.54, 1.807) is 12.4 Å². The van der Waals surface area contributed by atoms with Crippen LogP contribution in [-0.2, 0) is 0 Å². The molecule has 0 aliphatic rings. The van der Waals surface area contributed by atoms with Crippen LogP contribution in [0.4, 0.5) is 0 Å². The first-order valence-corrected chi connectivity index (χ1v) is 7.22. The zero-order chi connectivity index (χ0) is 14.5. The van der Waals surface area contributed by atoms with Gasteiger partial charge in [0.1, 0.15) is 0 Å². The Morgan fingerprint density at radius 2 is 2.05 bits per heavy atom. The Labute approximate surface area is 124 Å². The monoisotopic (exact) mass is 278 g/mol. The van der Waals surface area contributed by atoms with E-state index in [0.717, 1.165) is 35.1 Å². The molecule has 0 aliphatic heterocycles. The van der Waals surface area contributed by atoms with Crippen molar-refractivity contribution in [2.24, 2.45) is 0 Å². The van der Waals surface area contributed by atoms with Crippen molar-refractivity contribution in [3.63, 3.8) is 0 Å². The van der Waals surface area contributed by atoms with E-state index in [4.69, 9.17) is 0 Å². The minimum atomic E-state index is 0.0463. The molecule has 4 nitrogen and oxygen atoms in total. The third kappa shape index (κ3) is 3.06. The van der Waals surface area contributed by atoms with Gasteiger partial charge in [-0.05, 0) is 30.7 Å². The van der Waals surface area contributed by atoms with Crippen molar-refractivity contribution < 1.29 is 0 Å². The lowest BCUT2D eigenvalue weighted by atomic mass is 10.0. The first-order valence-electron chi connectivity index (χ1n) is 7.22. The highest BCUT2D eigenvalue weighted by atomic mass is 14.9. The predicted molar refractivity (Wildman–Crippen MR) is 83.9 cm³/mol. The molecule has 3 rings (SSSR count). The number of nitrogens with zero attached hydrogens (tertiary/aromatic N) is 3. The Morgan fingerprint density at radius 3 is 2.86 bits per heavy atom. The normalized spacial score (nSPS) is 12.4. The molecule has 1 N–H and O–H groups in total. The van der Waals surface area contributed by atoms with Gasteiger partial charge >= 0.3 is 0 Å². The molecule has 21 heavy (non-hydrogen) atoms. The van der Waals surface area contributed by atoms with Crippen molar-refractivity contribution >= 4 is 10.9 Å². The van der Waals surface area contributed by atoms with E-state index >= 15 is 0 Å². The van der Waals surface area contributed by atoms with Crippen molar-refractivity contribution in [2.45, 2.75) is 19.4 Å². The van der Waals surface area contributed by atoms with Crippen LogP contribution < -0.4 is 5.32 Å². The van der Waals surface area contributed by atoms with Crippen LogP contribution in [-0.4, -0.2) is 21.5 Å². The van der Waals surface area contributed by atoms with Crippen molar-refractivity contribution in [1.82, 2.24) is 20.3 Å². The lowest BCUT2D eigenvalue weighted by Crippen LogP contribution is -2.24. The summed E-state index contributed by atoms with van der Waals surface area (Å²) in [5.41, 5.74) is 3.10. The highest BCUT2D eigenvalue weighted by Crippen LogP contribution is 2.23. The van der Waals surface area contributed by atoms with Crippen LogP contribution in [0.3, 0.4) is 0 Å². The maximum Gasteiger partial charge on any atom is 0.0801 e. The fraction of sp³-hybridized carbons (Fsp3) is 0.235. The van der Waals surface area contributed by atoms with Gasteiger partial charge in [0.05, 0.1) is 23.4 Å². The lowest BCUT2D eigenvalue weighted by Gasteiger charge is -2.18. The maximum absolute atomic E-state index is 4.44. The molecule has 0 fully saturated rings.